The average molecular weight is 291 g/mol. The fraction of sp³-hybridized carbons (Fsp3) is 0.667. The predicted molar refractivity (Wildman–Crippen MR) is 86.0 cm³/mol. The van der Waals surface area contributed by atoms with Gasteiger partial charge >= 0.3 is 0 Å². The maximum absolute atomic E-state index is 9.71. The first-order valence-electron chi connectivity index (χ1n) is 7.97. The topological polar surface area (TPSA) is 32.7 Å². The van der Waals surface area contributed by atoms with Crippen LogP contribution in [0, 0.1) is 0 Å². The highest BCUT2D eigenvalue weighted by Crippen LogP contribution is 2.38. The Hall–Kier alpha value is -0.900. The van der Waals surface area contributed by atoms with Gasteiger partial charge in [-0.15, -0.1) is 0 Å². The molecule has 0 bridgehead atoms. The van der Waals surface area contributed by atoms with Crippen LogP contribution in [0.25, 0.3) is 0 Å². The first kappa shape index (κ1) is 16.5. The Balaban J connectivity index is 2.09. The monoisotopic (exact) mass is 291 g/mol. The zero-order valence-electron chi connectivity index (χ0n) is 13.8. The van der Waals surface area contributed by atoms with Gasteiger partial charge in [0.05, 0.1) is 6.61 Å². The van der Waals surface area contributed by atoms with E-state index < -0.39 is 0 Å². The van der Waals surface area contributed by atoms with Gasteiger partial charge in [-0.3, -0.25) is 4.84 Å². The minimum Gasteiger partial charge on any atom is -0.394 e. The molecule has 0 aromatic heterocycles. The van der Waals surface area contributed by atoms with Crippen LogP contribution in [0.4, 0.5) is 0 Å². The van der Waals surface area contributed by atoms with Gasteiger partial charge in [0.15, 0.2) is 0 Å². The Kier molecular flexibility index (Phi) is 5.07. The molecule has 0 radical (unpaired) electrons. The lowest BCUT2D eigenvalue weighted by Gasteiger charge is -2.52. The third kappa shape index (κ3) is 4.06. The van der Waals surface area contributed by atoms with Crippen molar-refractivity contribution in [3.63, 3.8) is 0 Å². The molecular weight excluding hydrogens is 262 g/mol. The highest BCUT2D eigenvalue weighted by atomic mass is 16.7. The van der Waals surface area contributed by atoms with E-state index in [1.165, 1.54) is 12.0 Å². The van der Waals surface area contributed by atoms with E-state index in [0.29, 0.717) is 0 Å². The lowest BCUT2D eigenvalue weighted by atomic mass is 9.82. The number of rotatable bonds is 5. The number of aliphatic hydroxyl groups excluding tert-OH is 1. The quantitative estimate of drug-likeness (QED) is 0.900. The first-order valence-corrected chi connectivity index (χ1v) is 7.97. The molecule has 118 valence electrons. The molecular formula is C18H29NO2. The van der Waals surface area contributed by atoms with Gasteiger partial charge in [0.2, 0.25) is 0 Å². The molecule has 3 heteroatoms. The molecule has 1 N–H and O–H groups in total. The normalized spacial score (nSPS) is 22.9. The highest BCUT2D eigenvalue weighted by molar-refractivity contribution is 5.15. The van der Waals surface area contributed by atoms with Gasteiger partial charge < -0.3 is 5.11 Å². The predicted octanol–water partition coefficient (Wildman–Crippen LogP) is 3.56. The molecule has 1 aromatic carbocycles. The van der Waals surface area contributed by atoms with Crippen LogP contribution in [0.5, 0.6) is 0 Å². The van der Waals surface area contributed by atoms with Gasteiger partial charge in [0.1, 0.15) is 6.10 Å². The van der Waals surface area contributed by atoms with E-state index in [0.717, 1.165) is 19.3 Å². The van der Waals surface area contributed by atoms with Crippen molar-refractivity contribution < 1.29 is 9.94 Å². The summed E-state index contributed by atoms with van der Waals surface area (Å²) in [7, 11) is 0. The van der Waals surface area contributed by atoms with E-state index in [4.69, 9.17) is 4.84 Å². The molecule has 0 saturated carbocycles. The smallest absolute Gasteiger partial charge is 0.106 e. The van der Waals surface area contributed by atoms with Crippen molar-refractivity contribution in [1.82, 2.24) is 5.06 Å². The number of hydrogen-bond donors (Lipinski definition) is 1. The highest BCUT2D eigenvalue weighted by Gasteiger charge is 2.43. The molecule has 1 heterocycles. The number of hydroxylamine groups is 2. The fourth-order valence-electron chi connectivity index (χ4n) is 3.42. The van der Waals surface area contributed by atoms with Gasteiger partial charge in [-0.05, 0) is 52.5 Å². The van der Waals surface area contributed by atoms with Crippen molar-refractivity contribution in [3.05, 3.63) is 35.9 Å². The van der Waals surface area contributed by atoms with Crippen molar-refractivity contribution in [2.24, 2.45) is 0 Å². The number of piperidine rings is 1. The van der Waals surface area contributed by atoms with E-state index >= 15 is 0 Å². The summed E-state index contributed by atoms with van der Waals surface area (Å²) in [4.78, 5) is 6.26. The summed E-state index contributed by atoms with van der Waals surface area (Å²) in [5, 5.41) is 11.8. The average Bonchev–Trinajstić information content (AvgIpc) is 2.42. The van der Waals surface area contributed by atoms with Crippen molar-refractivity contribution in [2.75, 3.05) is 6.61 Å². The summed E-state index contributed by atoms with van der Waals surface area (Å²) < 4.78 is 0. The maximum Gasteiger partial charge on any atom is 0.106 e. The van der Waals surface area contributed by atoms with Crippen LogP contribution in [0.3, 0.4) is 0 Å². The SMILES string of the molecule is CC1(C)CCCC(C)(C)N1O[C@@H](CO)Cc1ccccc1. The molecule has 1 fully saturated rings. The molecule has 0 aliphatic carbocycles. The van der Waals surface area contributed by atoms with Crippen molar-refractivity contribution in [1.29, 1.82) is 0 Å². The Bertz CT molecular complexity index is 426. The van der Waals surface area contributed by atoms with Crippen LogP contribution in [0.15, 0.2) is 30.3 Å². The van der Waals surface area contributed by atoms with Crippen LogP contribution in [-0.4, -0.2) is 34.0 Å². The minimum atomic E-state index is -0.191. The number of hydrogen-bond acceptors (Lipinski definition) is 3. The van der Waals surface area contributed by atoms with Gasteiger partial charge in [-0.25, -0.2) is 0 Å². The van der Waals surface area contributed by atoms with E-state index in [2.05, 4.69) is 44.9 Å². The Morgan fingerprint density at radius 2 is 1.67 bits per heavy atom. The first-order chi connectivity index (χ1) is 9.85. The third-order valence-electron chi connectivity index (χ3n) is 4.44. The summed E-state index contributed by atoms with van der Waals surface area (Å²) in [5.41, 5.74) is 1.21. The number of nitrogens with zero attached hydrogens (tertiary/aromatic N) is 1. The van der Waals surface area contributed by atoms with Gasteiger partial charge in [0.25, 0.3) is 0 Å². The van der Waals surface area contributed by atoms with E-state index in [9.17, 15) is 5.11 Å². The largest absolute Gasteiger partial charge is 0.394 e. The van der Waals surface area contributed by atoms with Gasteiger partial charge in [-0.1, -0.05) is 30.3 Å². The molecule has 1 aliphatic rings. The lowest BCUT2D eigenvalue weighted by molar-refractivity contribution is -0.308. The molecule has 0 unspecified atom stereocenters. The number of aliphatic hydroxyl groups is 1. The van der Waals surface area contributed by atoms with Crippen molar-refractivity contribution >= 4 is 0 Å². The molecule has 3 nitrogen and oxygen atoms in total. The molecule has 1 saturated heterocycles. The second kappa shape index (κ2) is 6.47. The molecule has 2 rings (SSSR count). The third-order valence-corrected chi connectivity index (χ3v) is 4.44. The zero-order valence-corrected chi connectivity index (χ0v) is 13.8. The molecule has 1 aromatic rings. The Morgan fingerprint density at radius 3 is 2.19 bits per heavy atom. The summed E-state index contributed by atoms with van der Waals surface area (Å²) in [5.74, 6) is 0. The van der Waals surface area contributed by atoms with Gasteiger partial charge in [-0.2, -0.15) is 5.06 Å². The second-order valence-corrected chi connectivity index (χ2v) is 7.37. The summed E-state index contributed by atoms with van der Waals surface area (Å²) in [6, 6.07) is 10.2. The second-order valence-electron chi connectivity index (χ2n) is 7.37. The summed E-state index contributed by atoms with van der Waals surface area (Å²) >= 11 is 0. The van der Waals surface area contributed by atoms with Crippen LogP contribution in [0.2, 0.25) is 0 Å². The standard InChI is InChI=1S/C18H29NO2/c1-17(2)11-8-12-18(3,4)19(17)21-16(14-20)13-15-9-6-5-7-10-15/h5-7,9-10,16,20H,8,11-14H2,1-4H3/t16-/m1/s1. The zero-order chi connectivity index (χ0) is 15.5. The lowest BCUT2D eigenvalue weighted by Crippen LogP contribution is -2.59. The fourth-order valence-corrected chi connectivity index (χ4v) is 3.42. The summed E-state index contributed by atoms with van der Waals surface area (Å²) in [6.07, 6.45) is 4.02. The van der Waals surface area contributed by atoms with Crippen LogP contribution in [0.1, 0.15) is 52.5 Å². The minimum absolute atomic E-state index is 0.00581. The van der Waals surface area contributed by atoms with Crippen LogP contribution >= 0.6 is 0 Å². The van der Waals surface area contributed by atoms with Crippen LogP contribution in [-0.2, 0) is 11.3 Å². The van der Waals surface area contributed by atoms with Crippen molar-refractivity contribution in [2.45, 2.75) is 70.6 Å². The molecule has 1 atom stereocenters. The van der Waals surface area contributed by atoms with Crippen molar-refractivity contribution in [3.8, 4) is 0 Å². The molecule has 21 heavy (non-hydrogen) atoms. The Morgan fingerprint density at radius 1 is 1.10 bits per heavy atom. The number of benzene rings is 1. The molecule has 0 amide bonds. The van der Waals surface area contributed by atoms with Gasteiger partial charge in [0, 0.05) is 17.5 Å². The van der Waals surface area contributed by atoms with E-state index in [1.807, 2.05) is 18.2 Å². The molecule has 1 aliphatic heterocycles. The maximum atomic E-state index is 9.71. The Labute approximate surface area is 128 Å². The summed E-state index contributed by atoms with van der Waals surface area (Å²) in [6.45, 7) is 8.95. The van der Waals surface area contributed by atoms with E-state index in [1.54, 1.807) is 0 Å². The molecule has 0 spiro atoms. The van der Waals surface area contributed by atoms with Crippen LogP contribution < -0.4 is 0 Å². The van der Waals surface area contributed by atoms with E-state index in [-0.39, 0.29) is 23.8 Å².